The zero-order chi connectivity index (χ0) is 17.4. The minimum atomic E-state index is -0.759. The van der Waals surface area contributed by atoms with Crippen molar-refractivity contribution in [1.82, 2.24) is 0 Å². The van der Waals surface area contributed by atoms with Crippen molar-refractivity contribution >= 4 is 19.0 Å². The molecule has 0 atom stereocenters. The smallest absolute Gasteiger partial charge is 0.400 e. The second-order valence-corrected chi connectivity index (χ2v) is 6.76. The summed E-state index contributed by atoms with van der Waals surface area (Å²) in [7, 11) is -0.759. The van der Waals surface area contributed by atoms with E-state index in [0.717, 1.165) is 0 Å². The summed E-state index contributed by atoms with van der Waals surface area (Å²) in [5, 5.41) is 9.64. The molecule has 0 aliphatic carbocycles. The molecule has 1 aromatic carbocycles. The molecule has 0 spiro atoms. The fourth-order valence-electron chi connectivity index (χ4n) is 2.26. The van der Waals surface area contributed by atoms with Gasteiger partial charge < -0.3 is 14.4 Å². The normalized spacial score (nSPS) is 20.0. The molecular weight excluding hydrogens is 298 g/mol. The first-order valence-corrected chi connectivity index (χ1v) is 7.55. The van der Waals surface area contributed by atoms with Gasteiger partial charge in [0.15, 0.2) is 5.78 Å². The zero-order valence-corrected chi connectivity index (χ0v) is 14.1. The molecule has 1 fully saturated rings. The van der Waals surface area contributed by atoms with Gasteiger partial charge in [0.2, 0.25) is 0 Å². The van der Waals surface area contributed by atoms with Gasteiger partial charge in [-0.1, -0.05) is 6.08 Å². The number of Topliss-reactive ketones (excluding diaryl/α,β-unsaturated/α-hetero) is 1. The molecule has 124 valence electrons. The fourth-order valence-corrected chi connectivity index (χ4v) is 2.26. The highest BCUT2D eigenvalue weighted by Gasteiger charge is 2.52. The first-order valence-electron chi connectivity index (χ1n) is 7.55. The highest BCUT2D eigenvalue weighted by atomic mass is 19.1. The first-order chi connectivity index (χ1) is 10.6. The lowest BCUT2D eigenvalue weighted by molar-refractivity contribution is 0.00578. The van der Waals surface area contributed by atoms with Gasteiger partial charge in [-0.2, -0.15) is 0 Å². The molecular formula is C17H22BFO4. The van der Waals surface area contributed by atoms with E-state index in [1.54, 1.807) is 0 Å². The molecule has 23 heavy (non-hydrogen) atoms. The van der Waals surface area contributed by atoms with Crippen LogP contribution in [-0.4, -0.2) is 35.8 Å². The standard InChI is InChI=1S/C17H22BFO4/c1-11(21)12-6-7-15(19)13(8-12)9-14(10-20)18-22-16(2,3)17(4,5)23-18/h6-9,20H,10H2,1-5H3. The number of aliphatic hydroxyl groups is 1. The molecule has 0 unspecified atom stereocenters. The van der Waals surface area contributed by atoms with Gasteiger partial charge >= 0.3 is 7.12 Å². The third-order valence-corrected chi connectivity index (χ3v) is 4.48. The minimum absolute atomic E-state index is 0.152. The van der Waals surface area contributed by atoms with Gasteiger partial charge in [0.25, 0.3) is 0 Å². The van der Waals surface area contributed by atoms with E-state index in [2.05, 4.69) is 0 Å². The predicted molar refractivity (Wildman–Crippen MR) is 87.5 cm³/mol. The Morgan fingerprint density at radius 2 is 1.83 bits per heavy atom. The minimum Gasteiger partial charge on any atom is -0.400 e. The van der Waals surface area contributed by atoms with Crippen LogP contribution in [0.15, 0.2) is 23.7 Å². The SMILES string of the molecule is CC(=O)c1ccc(F)c(C=C(CO)B2OC(C)(C)C(C)(C)O2)c1. The molecule has 1 aliphatic rings. The lowest BCUT2D eigenvalue weighted by Gasteiger charge is -2.32. The van der Waals surface area contributed by atoms with Crippen LogP contribution in [0.1, 0.15) is 50.5 Å². The lowest BCUT2D eigenvalue weighted by atomic mass is 9.77. The van der Waals surface area contributed by atoms with Crippen LogP contribution < -0.4 is 0 Å². The number of halogens is 1. The second-order valence-electron chi connectivity index (χ2n) is 6.76. The van der Waals surface area contributed by atoms with E-state index in [4.69, 9.17) is 9.31 Å². The van der Waals surface area contributed by atoms with Gasteiger partial charge in [0, 0.05) is 11.1 Å². The molecule has 0 amide bonds. The molecule has 0 saturated carbocycles. The number of carbonyl (C=O) groups excluding carboxylic acids is 1. The summed E-state index contributed by atoms with van der Waals surface area (Å²) in [6, 6.07) is 4.13. The third-order valence-electron chi connectivity index (χ3n) is 4.48. The summed E-state index contributed by atoms with van der Waals surface area (Å²) >= 11 is 0. The van der Waals surface area contributed by atoms with Crippen LogP contribution in [0.5, 0.6) is 0 Å². The maximum atomic E-state index is 14.0. The summed E-state index contributed by atoms with van der Waals surface area (Å²) in [4.78, 5) is 11.4. The van der Waals surface area contributed by atoms with E-state index in [1.165, 1.54) is 31.2 Å². The van der Waals surface area contributed by atoms with Crippen molar-refractivity contribution in [2.24, 2.45) is 0 Å². The maximum absolute atomic E-state index is 14.0. The fraction of sp³-hybridized carbons (Fsp3) is 0.471. The van der Waals surface area contributed by atoms with Crippen molar-refractivity contribution in [3.8, 4) is 0 Å². The highest BCUT2D eigenvalue weighted by molar-refractivity contribution is 6.55. The Kier molecular flexibility index (Phi) is 4.80. The molecule has 1 saturated heterocycles. The van der Waals surface area contributed by atoms with Crippen LogP contribution in [0.2, 0.25) is 0 Å². The van der Waals surface area contributed by atoms with Crippen LogP contribution in [0.3, 0.4) is 0 Å². The summed E-state index contributed by atoms with van der Waals surface area (Å²) in [6.07, 6.45) is 1.48. The van der Waals surface area contributed by atoms with Gasteiger partial charge in [0.05, 0.1) is 17.8 Å². The number of hydrogen-bond donors (Lipinski definition) is 1. The average molecular weight is 320 g/mol. The Morgan fingerprint density at radius 3 is 2.30 bits per heavy atom. The van der Waals surface area contributed by atoms with Crippen LogP contribution in [0.4, 0.5) is 4.39 Å². The molecule has 1 N–H and O–H groups in total. The average Bonchev–Trinajstić information content (AvgIpc) is 2.66. The summed E-state index contributed by atoms with van der Waals surface area (Å²) in [6.45, 7) is 8.69. The van der Waals surface area contributed by atoms with Crippen LogP contribution >= 0.6 is 0 Å². The molecule has 6 heteroatoms. The highest BCUT2D eigenvalue weighted by Crippen LogP contribution is 2.38. The van der Waals surface area contributed by atoms with E-state index >= 15 is 0 Å². The molecule has 1 aliphatic heterocycles. The summed E-state index contributed by atoms with van der Waals surface area (Å²) in [5.41, 5.74) is -0.0687. The van der Waals surface area contributed by atoms with E-state index < -0.39 is 24.1 Å². The van der Waals surface area contributed by atoms with Gasteiger partial charge in [-0.15, -0.1) is 0 Å². The molecule has 1 aromatic rings. The van der Waals surface area contributed by atoms with E-state index in [-0.39, 0.29) is 18.0 Å². The topological polar surface area (TPSA) is 55.8 Å². The molecule has 0 bridgehead atoms. The van der Waals surface area contributed by atoms with Crippen LogP contribution in [0, 0.1) is 5.82 Å². The van der Waals surface area contributed by atoms with Gasteiger partial charge in [-0.05, 0) is 58.3 Å². The zero-order valence-electron chi connectivity index (χ0n) is 14.1. The van der Waals surface area contributed by atoms with Crippen molar-refractivity contribution in [2.45, 2.75) is 45.8 Å². The van der Waals surface area contributed by atoms with Crippen LogP contribution in [-0.2, 0) is 9.31 Å². The van der Waals surface area contributed by atoms with Crippen molar-refractivity contribution in [3.63, 3.8) is 0 Å². The third kappa shape index (κ3) is 3.55. The van der Waals surface area contributed by atoms with Crippen molar-refractivity contribution < 1.29 is 23.6 Å². The number of ketones is 1. The number of carbonyl (C=O) groups is 1. The van der Waals surface area contributed by atoms with Gasteiger partial charge in [-0.25, -0.2) is 4.39 Å². The molecule has 4 nitrogen and oxygen atoms in total. The summed E-state index contributed by atoms with van der Waals surface area (Å²) < 4.78 is 25.7. The first kappa shape index (κ1) is 17.9. The second kappa shape index (κ2) is 6.19. The molecule has 1 heterocycles. The van der Waals surface area contributed by atoms with Gasteiger partial charge in [-0.3, -0.25) is 4.79 Å². The molecule has 0 aromatic heterocycles. The van der Waals surface area contributed by atoms with Crippen LogP contribution in [0.25, 0.3) is 6.08 Å². The number of aliphatic hydroxyl groups excluding tert-OH is 1. The molecule has 2 rings (SSSR count). The number of rotatable bonds is 4. The Morgan fingerprint density at radius 1 is 1.26 bits per heavy atom. The quantitative estimate of drug-likeness (QED) is 0.684. The predicted octanol–water partition coefficient (Wildman–Crippen LogP) is 3.04. The summed E-state index contributed by atoms with van der Waals surface area (Å²) in [5.74, 6) is -0.627. The molecule has 0 radical (unpaired) electrons. The monoisotopic (exact) mass is 320 g/mol. The van der Waals surface area contributed by atoms with Crippen molar-refractivity contribution in [3.05, 3.63) is 40.6 Å². The lowest BCUT2D eigenvalue weighted by Crippen LogP contribution is -2.41. The van der Waals surface area contributed by atoms with E-state index in [0.29, 0.717) is 11.0 Å². The van der Waals surface area contributed by atoms with Gasteiger partial charge in [0.1, 0.15) is 5.82 Å². The number of benzene rings is 1. The Balaban J connectivity index is 2.37. The van der Waals surface area contributed by atoms with Crippen molar-refractivity contribution in [2.75, 3.05) is 6.61 Å². The maximum Gasteiger partial charge on any atom is 0.492 e. The Hall–Kier alpha value is -1.50. The van der Waals surface area contributed by atoms with Crippen molar-refractivity contribution in [1.29, 1.82) is 0 Å². The van der Waals surface area contributed by atoms with E-state index in [1.807, 2.05) is 27.7 Å². The largest absolute Gasteiger partial charge is 0.492 e. The number of hydrogen-bond acceptors (Lipinski definition) is 4. The Labute approximate surface area is 136 Å². The Bertz CT molecular complexity index is 636. The van der Waals surface area contributed by atoms with E-state index in [9.17, 15) is 14.3 Å².